The second-order valence-electron chi connectivity index (χ2n) is 5.10. The Bertz CT molecular complexity index is 770. The van der Waals surface area contributed by atoms with E-state index in [1.807, 2.05) is 0 Å². The van der Waals surface area contributed by atoms with E-state index < -0.39 is 5.97 Å². The normalized spacial score (nSPS) is 10.4. The van der Waals surface area contributed by atoms with Crippen LogP contribution in [0.5, 0.6) is 17.2 Å². The average molecular weight is 412 g/mol. The number of benzene rings is 1. The number of alkyl halides is 1. The number of esters is 1. The molecule has 0 bridgehead atoms. The molecule has 0 fully saturated rings. The molecule has 8 heteroatoms. The molecule has 2 aromatic rings. The van der Waals surface area contributed by atoms with Crippen molar-refractivity contribution in [2.75, 3.05) is 17.8 Å². The van der Waals surface area contributed by atoms with Crippen molar-refractivity contribution >= 4 is 33.7 Å². The number of carbonyl (C=O) groups excluding carboxylic acids is 2. The van der Waals surface area contributed by atoms with Gasteiger partial charge in [-0.1, -0.05) is 28.1 Å². The summed E-state index contributed by atoms with van der Waals surface area (Å²) in [5.41, 5.74) is 0.506. The van der Waals surface area contributed by atoms with Gasteiger partial charge in [0.05, 0.1) is 7.11 Å². The third kappa shape index (κ3) is 4.76. The number of rotatable bonds is 7. The smallest absolute Gasteiger partial charge is 0.308 e. The Hall–Kier alpha value is -2.48. The molecule has 0 radical (unpaired) electrons. The summed E-state index contributed by atoms with van der Waals surface area (Å²) in [5, 5.41) is 13.6. The van der Waals surface area contributed by atoms with Crippen molar-refractivity contribution in [1.29, 1.82) is 0 Å². The largest absolute Gasteiger partial charge is 0.502 e. The van der Waals surface area contributed by atoms with Gasteiger partial charge in [-0.25, -0.2) is 0 Å². The van der Waals surface area contributed by atoms with Crippen LogP contribution in [-0.2, 0) is 9.59 Å². The number of hydrogen-bond acceptors (Lipinski definition) is 6. The number of carbonyl (C=O) groups is 2. The summed E-state index contributed by atoms with van der Waals surface area (Å²) in [6, 6.07) is 6.79. The summed E-state index contributed by atoms with van der Waals surface area (Å²) in [6.45, 7) is 1.19. The van der Waals surface area contributed by atoms with Crippen LogP contribution in [0.25, 0.3) is 11.3 Å². The minimum Gasteiger partial charge on any atom is -0.502 e. The lowest BCUT2D eigenvalue weighted by Gasteiger charge is -2.04. The highest BCUT2D eigenvalue weighted by Gasteiger charge is 2.25. The summed E-state index contributed by atoms with van der Waals surface area (Å²) >= 11 is 3.25. The molecule has 1 heterocycles. The molecule has 0 atom stereocenters. The molecule has 0 saturated heterocycles. The standard InChI is InChI=1S/C17H18BrNO6/c1-10(20)24-16-14(22)15(11-5-3-6-12(9-11)23-2)25-17(16)19-13(21)7-4-8-18/h3,5-6,9,22H,4,7-8H2,1-2H3,(H,19,21). The number of furan rings is 1. The van der Waals surface area contributed by atoms with Crippen molar-refractivity contribution in [2.45, 2.75) is 19.8 Å². The van der Waals surface area contributed by atoms with Crippen molar-refractivity contribution in [3.05, 3.63) is 24.3 Å². The molecule has 25 heavy (non-hydrogen) atoms. The molecule has 0 aliphatic carbocycles. The van der Waals surface area contributed by atoms with Gasteiger partial charge in [0.15, 0.2) is 5.76 Å². The van der Waals surface area contributed by atoms with Gasteiger partial charge in [0.25, 0.3) is 0 Å². The highest BCUT2D eigenvalue weighted by Crippen LogP contribution is 2.46. The monoisotopic (exact) mass is 411 g/mol. The molecule has 1 aromatic carbocycles. The van der Waals surface area contributed by atoms with Gasteiger partial charge in [0, 0.05) is 24.2 Å². The number of anilines is 1. The Morgan fingerprint density at radius 2 is 2.12 bits per heavy atom. The molecule has 2 N–H and O–H groups in total. The van der Waals surface area contributed by atoms with Crippen molar-refractivity contribution < 1.29 is 28.6 Å². The van der Waals surface area contributed by atoms with Crippen LogP contribution in [0.1, 0.15) is 19.8 Å². The minimum absolute atomic E-state index is 0.0611. The van der Waals surface area contributed by atoms with Crippen LogP contribution in [0, 0.1) is 0 Å². The lowest BCUT2D eigenvalue weighted by molar-refractivity contribution is -0.132. The van der Waals surface area contributed by atoms with E-state index in [4.69, 9.17) is 13.9 Å². The fourth-order valence-electron chi connectivity index (χ4n) is 2.10. The van der Waals surface area contributed by atoms with E-state index in [0.717, 1.165) is 0 Å². The molecular weight excluding hydrogens is 394 g/mol. The van der Waals surface area contributed by atoms with E-state index in [2.05, 4.69) is 21.2 Å². The number of ether oxygens (including phenoxy) is 2. The predicted molar refractivity (Wildman–Crippen MR) is 95.3 cm³/mol. The van der Waals surface area contributed by atoms with Crippen molar-refractivity contribution in [2.24, 2.45) is 0 Å². The lowest BCUT2D eigenvalue weighted by atomic mass is 10.1. The van der Waals surface area contributed by atoms with E-state index in [9.17, 15) is 14.7 Å². The zero-order chi connectivity index (χ0) is 18.4. The van der Waals surface area contributed by atoms with E-state index in [1.165, 1.54) is 14.0 Å². The quantitative estimate of drug-likeness (QED) is 0.532. The second-order valence-corrected chi connectivity index (χ2v) is 5.90. The second kappa shape index (κ2) is 8.57. The van der Waals surface area contributed by atoms with Crippen LogP contribution in [0.3, 0.4) is 0 Å². The summed E-state index contributed by atoms with van der Waals surface area (Å²) in [7, 11) is 1.51. The number of halogens is 1. The van der Waals surface area contributed by atoms with Gasteiger partial charge in [-0.2, -0.15) is 0 Å². The summed E-state index contributed by atoms with van der Waals surface area (Å²) in [5.74, 6) is -1.07. The number of amides is 1. The van der Waals surface area contributed by atoms with Crippen LogP contribution < -0.4 is 14.8 Å². The Morgan fingerprint density at radius 3 is 2.76 bits per heavy atom. The van der Waals surface area contributed by atoms with E-state index >= 15 is 0 Å². The first-order valence-corrected chi connectivity index (χ1v) is 8.62. The van der Waals surface area contributed by atoms with Gasteiger partial charge in [-0.15, -0.1) is 0 Å². The van der Waals surface area contributed by atoms with Crippen molar-refractivity contribution in [1.82, 2.24) is 0 Å². The molecule has 0 aliphatic heterocycles. The number of hydrogen-bond donors (Lipinski definition) is 2. The molecule has 134 valence electrons. The fourth-order valence-corrected chi connectivity index (χ4v) is 2.38. The van der Waals surface area contributed by atoms with E-state index in [-0.39, 0.29) is 35.5 Å². The highest BCUT2D eigenvalue weighted by molar-refractivity contribution is 9.09. The topological polar surface area (TPSA) is 98.0 Å². The summed E-state index contributed by atoms with van der Waals surface area (Å²) in [6.07, 6.45) is 0.880. The Balaban J connectivity index is 2.40. The van der Waals surface area contributed by atoms with Crippen molar-refractivity contribution in [3.8, 4) is 28.6 Å². The van der Waals surface area contributed by atoms with Gasteiger partial charge in [0.1, 0.15) is 5.75 Å². The SMILES string of the molecule is COc1cccc(-c2oc(NC(=O)CCCBr)c(OC(C)=O)c2O)c1. The van der Waals surface area contributed by atoms with E-state index in [0.29, 0.717) is 23.1 Å². The average Bonchev–Trinajstić information content (AvgIpc) is 2.89. The van der Waals surface area contributed by atoms with Crippen LogP contribution in [0.2, 0.25) is 0 Å². The lowest BCUT2D eigenvalue weighted by Crippen LogP contribution is -2.12. The molecule has 0 aliphatic rings. The van der Waals surface area contributed by atoms with Gasteiger partial charge in [0.2, 0.25) is 23.3 Å². The van der Waals surface area contributed by atoms with Gasteiger partial charge < -0.3 is 19.0 Å². The fraction of sp³-hybridized carbons (Fsp3) is 0.294. The molecule has 0 spiro atoms. The molecule has 1 amide bonds. The van der Waals surface area contributed by atoms with Crippen LogP contribution >= 0.6 is 15.9 Å². The summed E-state index contributed by atoms with van der Waals surface area (Å²) in [4.78, 5) is 23.2. The predicted octanol–water partition coefficient (Wildman–Crippen LogP) is 3.70. The first kappa shape index (κ1) is 18.9. The number of aromatic hydroxyl groups is 1. The van der Waals surface area contributed by atoms with Crippen LogP contribution in [0.4, 0.5) is 5.88 Å². The molecule has 7 nitrogen and oxygen atoms in total. The number of methoxy groups -OCH3 is 1. The van der Waals surface area contributed by atoms with E-state index in [1.54, 1.807) is 24.3 Å². The first-order chi connectivity index (χ1) is 12.0. The third-order valence-electron chi connectivity index (χ3n) is 3.21. The Kier molecular flexibility index (Phi) is 6.46. The molecule has 2 rings (SSSR count). The number of nitrogens with one attached hydrogen (secondary N) is 1. The van der Waals surface area contributed by atoms with Crippen molar-refractivity contribution in [3.63, 3.8) is 0 Å². The Morgan fingerprint density at radius 1 is 1.36 bits per heavy atom. The summed E-state index contributed by atoms with van der Waals surface area (Å²) < 4.78 is 15.7. The van der Waals surface area contributed by atoms with Crippen LogP contribution in [-0.4, -0.2) is 29.4 Å². The van der Waals surface area contributed by atoms with Gasteiger partial charge >= 0.3 is 5.97 Å². The zero-order valence-electron chi connectivity index (χ0n) is 13.8. The molecular formula is C17H18BrNO6. The third-order valence-corrected chi connectivity index (χ3v) is 3.77. The maximum absolute atomic E-state index is 11.9. The molecule has 1 aromatic heterocycles. The van der Waals surface area contributed by atoms with Crippen LogP contribution in [0.15, 0.2) is 28.7 Å². The minimum atomic E-state index is -0.649. The molecule has 0 saturated carbocycles. The first-order valence-electron chi connectivity index (χ1n) is 7.50. The maximum atomic E-state index is 11.9. The molecule has 0 unspecified atom stereocenters. The zero-order valence-corrected chi connectivity index (χ0v) is 15.4. The van der Waals surface area contributed by atoms with Gasteiger partial charge in [-0.05, 0) is 18.6 Å². The maximum Gasteiger partial charge on any atom is 0.308 e. The van der Waals surface area contributed by atoms with Gasteiger partial charge in [-0.3, -0.25) is 14.9 Å². The highest BCUT2D eigenvalue weighted by atomic mass is 79.9. The Labute approximate surface area is 153 Å².